The first-order chi connectivity index (χ1) is 29.0. The average Bonchev–Trinajstić information content (AvgIpc) is 3.26. The van der Waals surface area contributed by atoms with E-state index in [4.69, 9.17) is 5.11 Å². The van der Waals surface area contributed by atoms with Gasteiger partial charge in [0.15, 0.2) is 82.5 Å². The van der Waals surface area contributed by atoms with Gasteiger partial charge in [-0.05, 0) is 6.07 Å². The van der Waals surface area contributed by atoms with E-state index >= 15 is 35.1 Å². The van der Waals surface area contributed by atoms with Crippen LogP contribution in [0.1, 0.15) is 16.1 Å². The maximum atomic E-state index is 15.4. The number of aliphatic hydroxyl groups excluding tert-OH is 1. The molecule has 6 aromatic rings. The van der Waals surface area contributed by atoms with E-state index in [1.165, 1.54) is 0 Å². The van der Waals surface area contributed by atoms with Gasteiger partial charge in [-0.3, -0.25) is 4.79 Å². The first kappa shape index (κ1) is 46.6. The zero-order valence-corrected chi connectivity index (χ0v) is 29.5. The fourth-order valence-electron chi connectivity index (χ4n) is 6.60. The van der Waals surface area contributed by atoms with Gasteiger partial charge < -0.3 is 5.11 Å². The normalized spacial score (nSPS) is 11.5. The summed E-state index contributed by atoms with van der Waals surface area (Å²) in [5.41, 5.74) is -12.7. The van der Waals surface area contributed by atoms with Crippen molar-refractivity contribution in [2.45, 2.75) is 6.54 Å². The zero-order chi connectivity index (χ0) is 46.4. The van der Waals surface area contributed by atoms with Gasteiger partial charge in [0, 0.05) is 17.7 Å². The van der Waals surface area contributed by atoms with Crippen molar-refractivity contribution in [1.82, 2.24) is 0 Å². The fraction of sp³-hybridized carbons (Fsp3) is 0.0526. The smallest absolute Gasteiger partial charge is 0.251 e. The van der Waals surface area contributed by atoms with E-state index in [1.54, 1.807) is 12.1 Å². The van der Waals surface area contributed by atoms with E-state index in [0.717, 1.165) is 5.56 Å². The second kappa shape index (κ2) is 17.5. The van der Waals surface area contributed by atoms with Crippen molar-refractivity contribution in [2.75, 3.05) is 6.61 Å². The van der Waals surface area contributed by atoms with Crippen molar-refractivity contribution in [2.24, 2.45) is 0 Å². The van der Waals surface area contributed by atoms with Gasteiger partial charge in [-0.25, -0.2) is 87.8 Å². The summed E-state index contributed by atoms with van der Waals surface area (Å²) in [6, 6.07) is 15.3. The van der Waals surface area contributed by atoms with Gasteiger partial charge in [0.05, 0.1) is 0 Å². The lowest BCUT2D eigenvalue weighted by atomic mass is 9.12. The number of hydrogen-bond donors (Lipinski definition) is 1. The Hall–Kier alpha value is -6.46. The number of nitrogens with zero attached hydrogens (tertiary/aromatic N) is 1. The minimum Gasteiger partial charge on any atom is -0.388 e. The lowest BCUT2D eigenvalue weighted by Gasteiger charge is -2.44. The molecule has 0 bridgehead atoms. The molecule has 62 heavy (non-hydrogen) atoms. The Morgan fingerprint density at radius 1 is 0.387 bits per heavy atom. The molecular weight excluding hydrogens is 893 g/mol. The summed E-state index contributed by atoms with van der Waals surface area (Å²) in [7, 11) is 0. The van der Waals surface area contributed by atoms with Gasteiger partial charge in [-0.2, -0.15) is 4.57 Å². The molecule has 1 N–H and O–H groups in total. The summed E-state index contributed by atoms with van der Waals surface area (Å²) in [6.45, 7) is 0.168. The van der Waals surface area contributed by atoms with Crippen LogP contribution in [0, 0.1) is 116 Å². The molecule has 0 fully saturated rings. The van der Waals surface area contributed by atoms with E-state index < -0.39 is 151 Å². The predicted octanol–water partition coefficient (Wildman–Crippen LogP) is 7.04. The maximum Gasteiger partial charge on any atom is 0.251 e. The molecule has 0 unspecified atom stereocenters. The van der Waals surface area contributed by atoms with E-state index in [1.807, 2.05) is 47.2 Å². The number of hydrogen-bond acceptors (Lipinski definition) is 2. The summed E-state index contributed by atoms with van der Waals surface area (Å²) in [5, 5.41) is 8.92. The number of benzene rings is 5. The topological polar surface area (TPSA) is 41.2 Å². The second-order valence-corrected chi connectivity index (χ2v) is 12.6. The number of pyridine rings is 1. The molecule has 5 aromatic carbocycles. The molecule has 0 atom stereocenters. The van der Waals surface area contributed by atoms with Crippen LogP contribution in [0.15, 0.2) is 54.7 Å². The molecule has 0 radical (unpaired) electrons. The SMILES string of the molecule is Fc1c(F)c(F)c([B-](c2c(F)c(F)c(F)c(F)c2F)(c2c(F)c(F)c(F)c(F)c2F)c2c(F)c(F)c(F)c(F)c2F)c(F)c1F.O=C(CO)c1cccc[n+]1Cc1ccccc1. The van der Waals surface area contributed by atoms with Crippen molar-refractivity contribution in [3.8, 4) is 0 Å². The van der Waals surface area contributed by atoms with Crippen molar-refractivity contribution < 1.29 is 102 Å². The van der Waals surface area contributed by atoms with Gasteiger partial charge in [0.25, 0.3) is 11.5 Å². The lowest BCUT2D eigenvalue weighted by molar-refractivity contribution is -0.690. The Bertz CT molecular complexity index is 2410. The standard InChI is InChI=1S/C24BF20.C14H14NO2/c26-5-1(6(27)14(35)21(42)13(5)34)25(2-7(28)15(36)22(43)16(37)8(2)29,3-9(30)17(38)23(44)18(39)10(3)31)4-11(32)19(40)24(45)20(41)12(4)33;16-11-14(17)13-8-4-5-9-15(13)10-12-6-2-1-3-7-12/h;1-9,16H,10-11H2/q-1;+1. The quantitative estimate of drug-likeness (QED) is 0.0445. The minimum absolute atomic E-state index is 0.262. The highest BCUT2D eigenvalue weighted by atomic mass is 19.2. The van der Waals surface area contributed by atoms with Crippen LogP contribution in [0.5, 0.6) is 0 Å². The monoisotopic (exact) mass is 907 g/mol. The number of aromatic nitrogens is 1. The highest BCUT2D eigenvalue weighted by molar-refractivity contribution is 7.20. The van der Waals surface area contributed by atoms with Crippen LogP contribution in [0.25, 0.3) is 0 Å². The summed E-state index contributed by atoms with van der Waals surface area (Å²) in [5.74, 6) is -71.7. The summed E-state index contributed by atoms with van der Waals surface area (Å²) in [4.78, 5) is 11.6. The van der Waals surface area contributed by atoms with Gasteiger partial charge in [0.2, 0.25) is 0 Å². The highest BCUT2D eigenvalue weighted by Crippen LogP contribution is 2.30. The average molecular weight is 907 g/mol. The summed E-state index contributed by atoms with van der Waals surface area (Å²) < 4.78 is 296. The third kappa shape index (κ3) is 7.28. The molecule has 0 spiro atoms. The predicted molar refractivity (Wildman–Crippen MR) is 173 cm³/mol. The van der Waals surface area contributed by atoms with Crippen LogP contribution in [0.4, 0.5) is 87.8 Å². The Morgan fingerprint density at radius 2 is 0.645 bits per heavy atom. The van der Waals surface area contributed by atoms with Crippen LogP contribution in [-0.4, -0.2) is 23.6 Å². The molecule has 24 heteroatoms. The molecular formula is C38H14BF20NO2. The first-order valence-electron chi connectivity index (χ1n) is 16.4. The van der Waals surface area contributed by atoms with Gasteiger partial charge in [-0.1, -0.05) is 30.3 Å². The molecule has 0 aliphatic heterocycles. The Kier molecular flexibility index (Phi) is 13.2. The Balaban J connectivity index is 0.000000355. The summed E-state index contributed by atoms with van der Waals surface area (Å²) >= 11 is 0. The van der Waals surface area contributed by atoms with Crippen LogP contribution in [0.3, 0.4) is 0 Å². The number of halogens is 20. The van der Waals surface area contributed by atoms with Crippen molar-refractivity contribution in [3.05, 3.63) is 182 Å². The fourth-order valence-corrected chi connectivity index (χ4v) is 6.60. The molecule has 0 amide bonds. The van der Waals surface area contributed by atoms with Gasteiger partial charge >= 0.3 is 0 Å². The van der Waals surface area contributed by atoms with E-state index in [-0.39, 0.29) is 5.78 Å². The number of Topliss-reactive ketones (excluding diaryl/α,β-unsaturated/α-hetero) is 1. The van der Waals surface area contributed by atoms with E-state index in [2.05, 4.69) is 0 Å². The third-order valence-electron chi connectivity index (χ3n) is 9.27. The summed E-state index contributed by atoms with van der Waals surface area (Å²) in [6.07, 6.45) is -5.37. The minimum atomic E-state index is -7.22. The largest absolute Gasteiger partial charge is 0.388 e. The molecule has 326 valence electrons. The molecule has 0 saturated carbocycles. The van der Waals surface area contributed by atoms with Gasteiger partial charge in [0.1, 0.15) is 59.3 Å². The zero-order valence-electron chi connectivity index (χ0n) is 29.5. The van der Waals surface area contributed by atoms with E-state index in [0.29, 0.717) is 12.2 Å². The maximum absolute atomic E-state index is 15.4. The van der Waals surface area contributed by atoms with Gasteiger partial charge in [-0.15, -0.1) is 21.9 Å². The van der Waals surface area contributed by atoms with E-state index in [9.17, 15) is 57.5 Å². The first-order valence-corrected chi connectivity index (χ1v) is 16.4. The number of rotatable bonds is 8. The lowest BCUT2D eigenvalue weighted by Crippen LogP contribution is -2.81. The molecule has 1 heterocycles. The van der Waals surface area contributed by atoms with Crippen molar-refractivity contribution in [3.63, 3.8) is 0 Å². The molecule has 0 aliphatic carbocycles. The molecule has 1 aromatic heterocycles. The number of carbonyl (C=O) groups excluding carboxylic acids is 1. The molecule has 0 aliphatic rings. The Labute approximate surface area is 331 Å². The van der Waals surface area contributed by atoms with Crippen LogP contribution >= 0.6 is 0 Å². The molecule has 6 rings (SSSR count). The van der Waals surface area contributed by atoms with Crippen molar-refractivity contribution in [1.29, 1.82) is 0 Å². The highest BCUT2D eigenvalue weighted by Gasteiger charge is 2.52. The number of carbonyl (C=O) groups is 1. The number of aliphatic hydroxyl groups is 1. The number of ketones is 1. The van der Waals surface area contributed by atoms with Crippen LogP contribution in [-0.2, 0) is 6.54 Å². The molecule has 3 nitrogen and oxygen atoms in total. The Morgan fingerprint density at radius 3 is 0.919 bits per heavy atom. The van der Waals surface area contributed by atoms with Crippen LogP contribution in [0.2, 0.25) is 0 Å². The molecule has 0 saturated heterocycles. The third-order valence-corrected chi connectivity index (χ3v) is 9.27. The van der Waals surface area contributed by atoms with Crippen molar-refractivity contribution >= 4 is 33.8 Å². The second-order valence-electron chi connectivity index (χ2n) is 12.6. The van der Waals surface area contributed by atoms with Crippen LogP contribution < -0.4 is 26.4 Å².